The van der Waals surface area contributed by atoms with Gasteiger partial charge < -0.3 is 15.1 Å². The SMILES string of the molecule is CN(C)CCCNc1nc(N2CCc3ccccc3C2)c2ccccc2n1. The normalized spacial score (nSPS) is 13.8. The van der Waals surface area contributed by atoms with E-state index >= 15 is 0 Å². The van der Waals surface area contributed by atoms with Crippen LogP contribution < -0.4 is 10.2 Å². The van der Waals surface area contributed by atoms with Crippen molar-refractivity contribution in [3.8, 4) is 0 Å². The number of nitrogens with one attached hydrogen (secondary N) is 1. The lowest BCUT2D eigenvalue weighted by atomic mass is 10.00. The molecule has 0 atom stereocenters. The third-order valence-electron chi connectivity index (χ3n) is 5.08. The van der Waals surface area contributed by atoms with Crippen LogP contribution in [0, 0.1) is 0 Å². The Bertz CT molecular complexity index is 921. The quantitative estimate of drug-likeness (QED) is 0.680. The second kappa shape index (κ2) is 7.92. The van der Waals surface area contributed by atoms with Crippen molar-refractivity contribution < 1.29 is 0 Å². The van der Waals surface area contributed by atoms with Gasteiger partial charge in [-0.3, -0.25) is 0 Å². The molecular formula is C22H27N5. The minimum absolute atomic E-state index is 0.723. The highest BCUT2D eigenvalue weighted by Gasteiger charge is 2.20. The molecule has 0 spiro atoms. The zero-order valence-corrected chi connectivity index (χ0v) is 16.2. The molecule has 0 radical (unpaired) electrons. The largest absolute Gasteiger partial charge is 0.354 e. The van der Waals surface area contributed by atoms with Crippen molar-refractivity contribution in [3.05, 3.63) is 59.7 Å². The second-order valence-corrected chi connectivity index (χ2v) is 7.41. The van der Waals surface area contributed by atoms with Gasteiger partial charge in [-0.25, -0.2) is 4.98 Å². The van der Waals surface area contributed by atoms with Crippen molar-refractivity contribution in [2.24, 2.45) is 0 Å². The molecule has 4 rings (SSSR count). The molecule has 1 aliphatic rings. The Hall–Kier alpha value is -2.66. The molecule has 0 bridgehead atoms. The van der Waals surface area contributed by atoms with Crippen molar-refractivity contribution >= 4 is 22.7 Å². The van der Waals surface area contributed by atoms with Gasteiger partial charge >= 0.3 is 0 Å². The summed E-state index contributed by atoms with van der Waals surface area (Å²) in [5.74, 6) is 1.76. The second-order valence-electron chi connectivity index (χ2n) is 7.41. The fraction of sp³-hybridized carbons (Fsp3) is 0.364. The predicted octanol–water partition coefficient (Wildman–Crippen LogP) is 3.56. The van der Waals surface area contributed by atoms with Crippen LogP contribution in [0.3, 0.4) is 0 Å². The first-order valence-corrected chi connectivity index (χ1v) is 9.68. The molecule has 27 heavy (non-hydrogen) atoms. The molecule has 1 aliphatic heterocycles. The zero-order valence-electron chi connectivity index (χ0n) is 16.2. The van der Waals surface area contributed by atoms with Gasteiger partial charge in [0.25, 0.3) is 0 Å². The summed E-state index contributed by atoms with van der Waals surface area (Å²) >= 11 is 0. The molecule has 5 nitrogen and oxygen atoms in total. The van der Waals surface area contributed by atoms with E-state index in [1.165, 1.54) is 11.1 Å². The van der Waals surface area contributed by atoms with Crippen molar-refractivity contribution in [1.82, 2.24) is 14.9 Å². The summed E-state index contributed by atoms with van der Waals surface area (Å²) in [6.45, 7) is 3.81. The minimum Gasteiger partial charge on any atom is -0.354 e. The Morgan fingerprint density at radius 3 is 2.63 bits per heavy atom. The fourth-order valence-electron chi connectivity index (χ4n) is 3.65. The fourth-order valence-corrected chi connectivity index (χ4v) is 3.65. The van der Waals surface area contributed by atoms with Crippen molar-refractivity contribution in [1.29, 1.82) is 0 Å². The standard InChI is InChI=1S/C22H27N5/c1-26(2)14-7-13-23-22-24-20-11-6-5-10-19(20)21(25-22)27-15-12-17-8-3-4-9-18(17)16-27/h3-6,8-11H,7,12-16H2,1-2H3,(H,23,24,25). The number of aromatic nitrogens is 2. The van der Waals surface area contributed by atoms with Gasteiger partial charge in [-0.1, -0.05) is 36.4 Å². The van der Waals surface area contributed by atoms with E-state index in [9.17, 15) is 0 Å². The third kappa shape index (κ3) is 4.03. The van der Waals surface area contributed by atoms with E-state index in [2.05, 4.69) is 71.7 Å². The Balaban J connectivity index is 1.61. The highest BCUT2D eigenvalue weighted by molar-refractivity contribution is 5.90. The molecule has 0 amide bonds. The molecule has 1 aromatic heterocycles. The third-order valence-corrected chi connectivity index (χ3v) is 5.08. The zero-order chi connectivity index (χ0) is 18.6. The number of benzene rings is 2. The molecule has 2 aromatic carbocycles. The minimum atomic E-state index is 0.723. The Morgan fingerprint density at radius 1 is 1.00 bits per heavy atom. The molecule has 5 heteroatoms. The van der Waals surface area contributed by atoms with Gasteiger partial charge in [-0.05, 0) is 56.7 Å². The highest BCUT2D eigenvalue weighted by Crippen LogP contribution is 2.29. The number of rotatable bonds is 6. The molecule has 0 aliphatic carbocycles. The maximum atomic E-state index is 4.90. The summed E-state index contributed by atoms with van der Waals surface area (Å²) in [4.78, 5) is 14.2. The molecule has 1 N–H and O–H groups in total. The van der Waals surface area contributed by atoms with Crippen LogP contribution >= 0.6 is 0 Å². The molecule has 2 heterocycles. The molecule has 0 fully saturated rings. The van der Waals surface area contributed by atoms with Crippen LogP contribution in [0.25, 0.3) is 10.9 Å². The monoisotopic (exact) mass is 361 g/mol. The Labute approximate surface area is 161 Å². The highest BCUT2D eigenvalue weighted by atomic mass is 15.2. The number of para-hydroxylation sites is 1. The molecule has 0 saturated carbocycles. The number of anilines is 2. The summed E-state index contributed by atoms with van der Waals surface area (Å²) in [5.41, 5.74) is 3.84. The van der Waals surface area contributed by atoms with Crippen LogP contribution in [0.15, 0.2) is 48.5 Å². The Kier molecular flexibility index (Phi) is 5.21. The lowest BCUT2D eigenvalue weighted by Crippen LogP contribution is -2.31. The number of nitrogens with zero attached hydrogens (tertiary/aromatic N) is 4. The van der Waals surface area contributed by atoms with Crippen molar-refractivity contribution in [2.45, 2.75) is 19.4 Å². The number of hydrogen-bond acceptors (Lipinski definition) is 5. The van der Waals surface area contributed by atoms with Crippen LogP contribution in [0.4, 0.5) is 11.8 Å². The van der Waals surface area contributed by atoms with Crippen LogP contribution in [-0.2, 0) is 13.0 Å². The van der Waals surface area contributed by atoms with Gasteiger partial charge in [0.2, 0.25) is 5.95 Å². The van der Waals surface area contributed by atoms with Crippen LogP contribution in [0.2, 0.25) is 0 Å². The van der Waals surface area contributed by atoms with E-state index in [1.807, 2.05) is 6.07 Å². The maximum Gasteiger partial charge on any atom is 0.225 e. The summed E-state index contributed by atoms with van der Waals surface area (Å²) in [6, 6.07) is 17.0. The molecular weight excluding hydrogens is 334 g/mol. The summed E-state index contributed by atoms with van der Waals surface area (Å²) < 4.78 is 0. The topological polar surface area (TPSA) is 44.3 Å². The summed E-state index contributed by atoms with van der Waals surface area (Å²) in [7, 11) is 4.19. The van der Waals surface area contributed by atoms with Gasteiger partial charge in [0.05, 0.1) is 5.52 Å². The molecule has 140 valence electrons. The first-order valence-electron chi connectivity index (χ1n) is 9.68. The first-order chi connectivity index (χ1) is 13.2. The molecule has 0 saturated heterocycles. The smallest absolute Gasteiger partial charge is 0.225 e. The van der Waals surface area contributed by atoms with Crippen LogP contribution in [0.1, 0.15) is 17.5 Å². The van der Waals surface area contributed by atoms with Crippen LogP contribution in [-0.4, -0.2) is 48.6 Å². The van der Waals surface area contributed by atoms with Crippen molar-refractivity contribution in [2.75, 3.05) is 43.9 Å². The van der Waals surface area contributed by atoms with Gasteiger partial charge in [0.1, 0.15) is 5.82 Å². The van der Waals surface area contributed by atoms with E-state index in [0.717, 1.165) is 61.7 Å². The van der Waals surface area contributed by atoms with Gasteiger partial charge in [0.15, 0.2) is 0 Å². The van der Waals surface area contributed by atoms with E-state index < -0.39 is 0 Å². The summed E-state index contributed by atoms with van der Waals surface area (Å²) in [5, 5.41) is 4.54. The van der Waals surface area contributed by atoms with Gasteiger partial charge in [0, 0.05) is 25.0 Å². The van der Waals surface area contributed by atoms with E-state index in [1.54, 1.807) is 0 Å². The summed E-state index contributed by atoms with van der Waals surface area (Å²) in [6.07, 6.45) is 2.12. The average molecular weight is 361 g/mol. The van der Waals surface area contributed by atoms with E-state index in [-0.39, 0.29) is 0 Å². The number of hydrogen-bond donors (Lipinski definition) is 1. The predicted molar refractivity (Wildman–Crippen MR) is 112 cm³/mol. The van der Waals surface area contributed by atoms with E-state index in [0.29, 0.717) is 0 Å². The molecule has 3 aromatic rings. The first kappa shape index (κ1) is 17.7. The average Bonchev–Trinajstić information content (AvgIpc) is 2.70. The lowest BCUT2D eigenvalue weighted by molar-refractivity contribution is 0.405. The Morgan fingerprint density at radius 2 is 1.78 bits per heavy atom. The molecule has 0 unspecified atom stereocenters. The van der Waals surface area contributed by atoms with E-state index in [4.69, 9.17) is 9.97 Å². The van der Waals surface area contributed by atoms with Gasteiger partial charge in [-0.2, -0.15) is 4.98 Å². The number of fused-ring (bicyclic) bond motifs is 2. The maximum absolute atomic E-state index is 4.90. The van der Waals surface area contributed by atoms with Crippen molar-refractivity contribution in [3.63, 3.8) is 0 Å². The van der Waals surface area contributed by atoms with Crippen LogP contribution in [0.5, 0.6) is 0 Å². The van der Waals surface area contributed by atoms with Gasteiger partial charge in [-0.15, -0.1) is 0 Å². The lowest BCUT2D eigenvalue weighted by Gasteiger charge is -2.30.